The minimum Gasteiger partial charge on any atom is -0.497 e. The molecule has 0 spiro atoms. The molecule has 0 aliphatic rings. The van der Waals surface area contributed by atoms with Gasteiger partial charge in [-0.1, -0.05) is 72.0 Å². The van der Waals surface area contributed by atoms with Crippen molar-refractivity contribution in [1.82, 2.24) is 15.5 Å². The quantitative estimate of drug-likeness (QED) is 0.413. The average molecular weight is 459 g/mol. The van der Waals surface area contributed by atoms with Crippen molar-refractivity contribution >= 4 is 28.3 Å². The highest BCUT2D eigenvalue weighted by molar-refractivity contribution is 7.18. The first-order valence-corrected chi connectivity index (χ1v) is 11.1. The minimum atomic E-state index is -0.800. The number of benzene rings is 3. The van der Waals surface area contributed by atoms with Crippen LogP contribution in [0.3, 0.4) is 0 Å². The van der Waals surface area contributed by atoms with Crippen molar-refractivity contribution in [3.63, 3.8) is 0 Å². The third-order valence-corrected chi connectivity index (χ3v) is 5.82. The average Bonchev–Trinajstić information content (AvgIpc) is 3.33. The normalized spacial score (nSPS) is 11.4. The lowest BCUT2D eigenvalue weighted by Gasteiger charge is -2.18. The van der Waals surface area contributed by atoms with Crippen molar-refractivity contribution in [2.24, 2.45) is 0 Å². The second-order valence-electron chi connectivity index (χ2n) is 7.21. The second kappa shape index (κ2) is 10.5. The second-order valence-corrected chi connectivity index (χ2v) is 8.19. The summed E-state index contributed by atoms with van der Waals surface area (Å²) in [7, 11) is 1.56. The van der Waals surface area contributed by atoms with Crippen molar-refractivity contribution in [3.8, 4) is 16.3 Å². The predicted octanol–water partition coefficient (Wildman–Crippen LogP) is 4.19. The highest BCUT2D eigenvalue weighted by atomic mass is 32.1. The molecule has 1 unspecified atom stereocenters. The monoisotopic (exact) mass is 458 g/mol. The molecule has 33 heavy (non-hydrogen) atoms. The molecule has 0 aliphatic heterocycles. The van der Waals surface area contributed by atoms with E-state index in [1.54, 1.807) is 31.4 Å². The summed E-state index contributed by atoms with van der Waals surface area (Å²) in [5, 5.41) is 15.0. The zero-order chi connectivity index (χ0) is 23.0. The molecule has 0 bridgehead atoms. The number of ether oxygens (including phenoxy) is 1. The Morgan fingerprint density at radius 2 is 1.58 bits per heavy atom. The van der Waals surface area contributed by atoms with E-state index >= 15 is 0 Å². The lowest BCUT2D eigenvalue weighted by molar-refractivity contribution is -0.118. The van der Waals surface area contributed by atoms with Gasteiger partial charge >= 0.3 is 0 Å². The van der Waals surface area contributed by atoms with E-state index in [1.165, 1.54) is 11.3 Å². The number of anilines is 1. The molecule has 0 saturated carbocycles. The third-order valence-electron chi connectivity index (χ3n) is 4.93. The maximum Gasteiger partial charge on any atom is 0.251 e. The van der Waals surface area contributed by atoms with Gasteiger partial charge in [0.2, 0.25) is 11.0 Å². The van der Waals surface area contributed by atoms with Crippen LogP contribution in [0.5, 0.6) is 5.75 Å². The van der Waals surface area contributed by atoms with E-state index in [1.807, 2.05) is 60.7 Å². The molecule has 1 atom stereocenters. The predicted molar refractivity (Wildman–Crippen MR) is 128 cm³/mol. The molecule has 0 aliphatic carbocycles. The largest absolute Gasteiger partial charge is 0.497 e. The summed E-state index contributed by atoms with van der Waals surface area (Å²) in [6.45, 7) is 0. The smallest absolute Gasteiger partial charge is 0.251 e. The fourth-order valence-corrected chi connectivity index (χ4v) is 3.96. The van der Waals surface area contributed by atoms with Gasteiger partial charge in [-0.2, -0.15) is 0 Å². The van der Waals surface area contributed by atoms with Crippen LogP contribution in [0.1, 0.15) is 15.9 Å². The van der Waals surface area contributed by atoms with E-state index in [-0.39, 0.29) is 11.8 Å². The Labute approximate surface area is 195 Å². The third kappa shape index (κ3) is 5.81. The van der Waals surface area contributed by atoms with E-state index in [2.05, 4.69) is 20.8 Å². The highest BCUT2D eigenvalue weighted by Gasteiger charge is 2.23. The molecule has 7 nitrogen and oxygen atoms in total. The zero-order valence-electron chi connectivity index (χ0n) is 17.9. The molecule has 0 radical (unpaired) electrons. The molecule has 4 aromatic rings. The fourth-order valence-electron chi connectivity index (χ4n) is 3.21. The van der Waals surface area contributed by atoms with E-state index in [0.29, 0.717) is 27.9 Å². The van der Waals surface area contributed by atoms with Gasteiger partial charge in [0, 0.05) is 17.5 Å². The molecule has 0 saturated heterocycles. The number of rotatable bonds is 8. The number of aromatic nitrogens is 2. The van der Waals surface area contributed by atoms with Gasteiger partial charge in [0.15, 0.2) is 0 Å². The van der Waals surface area contributed by atoms with Crippen molar-refractivity contribution in [1.29, 1.82) is 0 Å². The molecule has 1 heterocycles. The number of carbonyl (C=O) groups excluding carboxylic acids is 2. The molecule has 166 valence electrons. The first-order valence-electron chi connectivity index (χ1n) is 10.3. The molecule has 0 fully saturated rings. The Hall–Kier alpha value is -4.04. The van der Waals surface area contributed by atoms with Crippen LogP contribution in [-0.4, -0.2) is 35.2 Å². The molecular formula is C25H22N4O3S. The Balaban J connectivity index is 1.50. The summed E-state index contributed by atoms with van der Waals surface area (Å²) < 4.78 is 5.14. The summed E-state index contributed by atoms with van der Waals surface area (Å²) in [6.07, 6.45) is 0.332. The molecule has 1 aromatic heterocycles. The van der Waals surface area contributed by atoms with Gasteiger partial charge in [0.05, 0.1) is 7.11 Å². The van der Waals surface area contributed by atoms with Crippen molar-refractivity contribution in [3.05, 3.63) is 96.1 Å². The lowest BCUT2D eigenvalue weighted by Crippen LogP contribution is -2.45. The van der Waals surface area contributed by atoms with Crippen molar-refractivity contribution in [2.75, 3.05) is 12.4 Å². The van der Waals surface area contributed by atoms with Gasteiger partial charge in [-0.3, -0.25) is 14.9 Å². The van der Waals surface area contributed by atoms with E-state index in [4.69, 9.17) is 4.74 Å². The van der Waals surface area contributed by atoms with Gasteiger partial charge in [-0.25, -0.2) is 0 Å². The lowest BCUT2D eigenvalue weighted by atomic mass is 10.0. The van der Waals surface area contributed by atoms with Crippen LogP contribution in [0.2, 0.25) is 0 Å². The number of nitrogens with one attached hydrogen (secondary N) is 2. The van der Waals surface area contributed by atoms with Gasteiger partial charge in [-0.05, 0) is 29.8 Å². The first kappa shape index (κ1) is 22.2. The van der Waals surface area contributed by atoms with Crippen molar-refractivity contribution < 1.29 is 14.3 Å². The van der Waals surface area contributed by atoms with E-state index < -0.39 is 6.04 Å². The van der Waals surface area contributed by atoms with Crippen LogP contribution < -0.4 is 15.4 Å². The van der Waals surface area contributed by atoms with Gasteiger partial charge in [0.1, 0.15) is 16.8 Å². The summed E-state index contributed by atoms with van der Waals surface area (Å²) >= 11 is 1.28. The van der Waals surface area contributed by atoms with Crippen LogP contribution >= 0.6 is 11.3 Å². The topological polar surface area (TPSA) is 93.2 Å². The number of nitrogens with zero attached hydrogens (tertiary/aromatic N) is 2. The van der Waals surface area contributed by atoms with Crippen LogP contribution in [-0.2, 0) is 11.2 Å². The number of carbonyl (C=O) groups is 2. The van der Waals surface area contributed by atoms with Crippen LogP contribution in [0.25, 0.3) is 10.6 Å². The Morgan fingerprint density at radius 3 is 2.24 bits per heavy atom. The van der Waals surface area contributed by atoms with Crippen LogP contribution in [0, 0.1) is 0 Å². The van der Waals surface area contributed by atoms with Crippen molar-refractivity contribution in [2.45, 2.75) is 12.5 Å². The molecule has 4 rings (SSSR count). The standard InChI is InChI=1S/C25H22N4O3S/c1-32-20-14-12-18(13-15-20)22(30)26-21(16-17-8-4-2-5-9-17)23(31)27-25-29-28-24(33-25)19-10-6-3-7-11-19/h2-15,21H,16H2,1H3,(H,26,30)(H,27,29,31). The Kier molecular flexibility index (Phi) is 7.06. The Morgan fingerprint density at radius 1 is 0.909 bits per heavy atom. The highest BCUT2D eigenvalue weighted by Crippen LogP contribution is 2.26. The summed E-state index contributed by atoms with van der Waals surface area (Å²) in [5.41, 5.74) is 2.28. The molecule has 2 amide bonds. The number of methoxy groups -OCH3 is 1. The Bertz CT molecular complexity index is 1210. The molecule has 8 heteroatoms. The SMILES string of the molecule is COc1ccc(C(=O)NC(Cc2ccccc2)C(=O)Nc2nnc(-c3ccccc3)s2)cc1. The van der Waals surface area contributed by atoms with Crippen LogP contribution in [0.4, 0.5) is 5.13 Å². The zero-order valence-corrected chi connectivity index (χ0v) is 18.7. The molecule has 3 aromatic carbocycles. The number of amides is 2. The number of hydrogen-bond acceptors (Lipinski definition) is 6. The summed E-state index contributed by atoms with van der Waals surface area (Å²) in [5.74, 6) is -0.0666. The minimum absolute atomic E-state index is 0.332. The molecule has 2 N–H and O–H groups in total. The van der Waals surface area contributed by atoms with Gasteiger partial charge in [0.25, 0.3) is 5.91 Å². The molecular weight excluding hydrogens is 436 g/mol. The maximum absolute atomic E-state index is 13.1. The van der Waals surface area contributed by atoms with Crippen LogP contribution in [0.15, 0.2) is 84.9 Å². The summed E-state index contributed by atoms with van der Waals surface area (Å²) in [4.78, 5) is 26.0. The van der Waals surface area contributed by atoms with Gasteiger partial charge < -0.3 is 10.1 Å². The first-order chi connectivity index (χ1) is 16.1. The summed E-state index contributed by atoms with van der Waals surface area (Å²) in [6, 6.07) is 25.1. The van der Waals surface area contributed by atoms with Gasteiger partial charge in [-0.15, -0.1) is 10.2 Å². The maximum atomic E-state index is 13.1. The van der Waals surface area contributed by atoms with E-state index in [0.717, 1.165) is 11.1 Å². The van der Waals surface area contributed by atoms with E-state index in [9.17, 15) is 9.59 Å². The fraction of sp³-hybridized carbons (Fsp3) is 0.120. The number of hydrogen-bond donors (Lipinski definition) is 2.